The number of aliphatic hydroxyl groups excluding tert-OH is 1. The first-order valence-corrected chi connectivity index (χ1v) is 11.8. The maximum atomic E-state index is 11.5. The molecule has 0 amide bonds. The van der Waals surface area contributed by atoms with Crippen LogP contribution in [0.1, 0.15) is 40.5 Å². The molecule has 1 aromatic heterocycles. The predicted molar refractivity (Wildman–Crippen MR) is 128 cm³/mol. The van der Waals surface area contributed by atoms with E-state index < -0.39 is 11.6 Å². The van der Waals surface area contributed by atoms with Crippen LogP contribution in [-0.4, -0.2) is 22.6 Å². The van der Waals surface area contributed by atoms with E-state index in [4.69, 9.17) is 0 Å². The van der Waals surface area contributed by atoms with Gasteiger partial charge in [-0.3, -0.25) is 4.90 Å². The third kappa shape index (κ3) is 3.53. The summed E-state index contributed by atoms with van der Waals surface area (Å²) in [5.41, 5.74) is 3.23. The van der Waals surface area contributed by atoms with Gasteiger partial charge < -0.3 is 5.11 Å². The molecule has 0 radical (unpaired) electrons. The third-order valence-corrected chi connectivity index (χ3v) is 7.45. The van der Waals surface area contributed by atoms with Gasteiger partial charge in [0.05, 0.1) is 5.54 Å². The Hall–Kier alpha value is -2.72. The highest BCUT2D eigenvalue weighted by Crippen LogP contribution is 2.48. The monoisotopic (exact) mass is 425 g/mol. The van der Waals surface area contributed by atoms with E-state index >= 15 is 0 Å². The van der Waals surface area contributed by atoms with Gasteiger partial charge in [-0.05, 0) is 41.0 Å². The van der Waals surface area contributed by atoms with Gasteiger partial charge in [-0.1, -0.05) is 97.1 Å². The molecule has 3 aromatic carbocycles. The molecule has 4 aromatic rings. The maximum Gasteiger partial charge on any atom is 0.104 e. The zero-order valence-electron chi connectivity index (χ0n) is 17.5. The average Bonchev–Trinajstić information content (AvgIpc) is 3.55. The van der Waals surface area contributed by atoms with Gasteiger partial charge in [-0.25, -0.2) is 0 Å². The quantitative estimate of drug-likeness (QED) is 0.370. The van der Waals surface area contributed by atoms with Crippen LogP contribution in [0.4, 0.5) is 0 Å². The van der Waals surface area contributed by atoms with E-state index in [1.54, 1.807) is 11.3 Å². The molecular formula is C28H27NOS. The number of nitrogens with zero attached hydrogens (tertiary/aromatic N) is 1. The Morgan fingerprint density at radius 3 is 1.71 bits per heavy atom. The molecule has 1 saturated heterocycles. The minimum absolute atomic E-state index is 0.0410. The van der Waals surface area contributed by atoms with Crippen LogP contribution in [0.25, 0.3) is 0 Å². The van der Waals surface area contributed by atoms with Gasteiger partial charge in [0, 0.05) is 17.5 Å². The maximum absolute atomic E-state index is 11.5. The Bertz CT molecular complexity index is 983. The normalized spacial score (nSPS) is 18.2. The van der Waals surface area contributed by atoms with Gasteiger partial charge in [0.1, 0.15) is 6.10 Å². The molecule has 0 spiro atoms. The summed E-state index contributed by atoms with van der Waals surface area (Å²) < 4.78 is 0. The van der Waals surface area contributed by atoms with Crippen molar-refractivity contribution in [3.05, 3.63) is 130 Å². The van der Waals surface area contributed by atoms with Crippen LogP contribution in [0, 0.1) is 0 Å². The largest absolute Gasteiger partial charge is 0.386 e. The fourth-order valence-corrected chi connectivity index (χ4v) is 5.99. The van der Waals surface area contributed by atoms with E-state index in [9.17, 15) is 5.11 Å². The Morgan fingerprint density at radius 2 is 1.26 bits per heavy atom. The van der Waals surface area contributed by atoms with Crippen molar-refractivity contribution in [3.8, 4) is 0 Å². The highest BCUT2D eigenvalue weighted by atomic mass is 32.1. The summed E-state index contributed by atoms with van der Waals surface area (Å²) in [5.74, 6) is 0. The van der Waals surface area contributed by atoms with Gasteiger partial charge in [-0.2, -0.15) is 0 Å². The van der Waals surface area contributed by atoms with Crippen molar-refractivity contribution in [3.63, 3.8) is 0 Å². The highest BCUT2D eigenvalue weighted by molar-refractivity contribution is 7.10. The summed E-state index contributed by atoms with van der Waals surface area (Å²) >= 11 is 1.64. The summed E-state index contributed by atoms with van der Waals surface area (Å²) in [6, 6.07) is 36.5. The molecule has 1 fully saturated rings. The molecule has 1 aliphatic heterocycles. The number of benzene rings is 3. The van der Waals surface area contributed by atoms with Crippen LogP contribution in [0.2, 0.25) is 0 Å². The van der Waals surface area contributed by atoms with E-state index in [-0.39, 0.29) is 6.04 Å². The van der Waals surface area contributed by atoms with Crippen molar-refractivity contribution in [2.24, 2.45) is 0 Å². The summed E-state index contributed by atoms with van der Waals surface area (Å²) in [5, 5.41) is 13.5. The first-order chi connectivity index (χ1) is 15.3. The molecule has 0 aliphatic carbocycles. The lowest BCUT2D eigenvalue weighted by molar-refractivity contribution is 0.0344. The second-order valence-corrected chi connectivity index (χ2v) is 9.15. The highest BCUT2D eigenvalue weighted by Gasteiger charge is 2.48. The van der Waals surface area contributed by atoms with Gasteiger partial charge in [0.15, 0.2) is 0 Å². The molecule has 0 saturated carbocycles. The number of hydrogen-bond donors (Lipinski definition) is 1. The van der Waals surface area contributed by atoms with Crippen LogP contribution in [-0.2, 0) is 5.54 Å². The number of hydrogen-bond acceptors (Lipinski definition) is 3. The fraction of sp³-hybridized carbons (Fsp3) is 0.214. The molecule has 1 unspecified atom stereocenters. The van der Waals surface area contributed by atoms with Crippen molar-refractivity contribution >= 4 is 11.3 Å². The van der Waals surface area contributed by atoms with E-state index in [0.717, 1.165) is 24.3 Å². The number of aliphatic hydroxyl groups is 1. The van der Waals surface area contributed by atoms with E-state index in [1.807, 2.05) is 6.07 Å². The number of likely N-dealkylation sites (tertiary alicyclic amines) is 1. The minimum Gasteiger partial charge on any atom is -0.386 e. The first kappa shape index (κ1) is 20.2. The van der Waals surface area contributed by atoms with Gasteiger partial charge in [0.2, 0.25) is 0 Å². The zero-order chi connectivity index (χ0) is 21.1. The molecule has 1 aliphatic rings. The van der Waals surface area contributed by atoms with Crippen LogP contribution >= 0.6 is 11.3 Å². The molecular weight excluding hydrogens is 398 g/mol. The molecule has 156 valence electrons. The van der Waals surface area contributed by atoms with E-state index in [0.29, 0.717) is 0 Å². The second kappa shape index (κ2) is 8.80. The van der Waals surface area contributed by atoms with Crippen LogP contribution in [0.5, 0.6) is 0 Å². The van der Waals surface area contributed by atoms with Crippen LogP contribution in [0.3, 0.4) is 0 Å². The van der Waals surface area contributed by atoms with Crippen molar-refractivity contribution in [2.45, 2.75) is 30.5 Å². The second-order valence-electron chi connectivity index (χ2n) is 8.17. The van der Waals surface area contributed by atoms with Crippen LogP contribution < -0.4 is 0 Å². The minimum atomic E-state index is -0.502. The summed E-state index contributed by atoms with van der Waals surface area (Å²) in [4.78, 5) is 3.59. The lowest BCUT2D eigenvalue weighted by atomic mass is 9.75. The predicted octanol–water partition coefficient (Wildman–Crippen LogP) is 6.24. The van der Waals surface area contributed by atoms with Crippen molar-refractivity contribution in [1.82, 2.24) is 4.90 Å². The molecule has 2 heterocycles. The third-order valence-electron chi connectivity index (χ3n) is 6.50. The molecule has 1 N–H and O–H groups in total. The van der Waals surface area contributed by atoms with E-state index in [2.05, 4.69) is 107 Å². The summed E-state index contributed by atoms with van der Waals surface area (Å²) in [6.07, 6.45) is 1.55. The number of rotatable bonds is 6. The van der Waals surface area contributed by atoms with Gasteiger partial charge >= 0.3 is 0 Å². The Morgan fingerprint density at radius 1 is 0.742 bits per heavy atom. The molecule has 31 heavy (non-hydrogen) atoms. The van der Waals surface area contributed by atoms with E-state index in [1.165, 1.54) is 16.7 Å². The molecule has 2 nitrogen and oxygen atoms in total. The molecule has 5 rings (SSSR count). The first-order valence-electron chi connectivity index (χ1n) is 11.0. The zero-order valence-corrected chi connectivity index (χ0v) is 18.3. The van der Waals surface area contributed by atoms with Crippen molar-refractivity contribution in [2.75, 3.05) is 6.54 Å². The fourth-order valence-electron chi connectivity index (χ4n) is 5.22. The standard InChI is InChI=1S/C28H27NOS/c30-27(26-19-11-21-31-26)25-18-10-20-29(25)28(22-12-4-1-5-13-22,23-14-6-2-7-15-23)24-16-8-3-9-17-24/h1-9,11-17,19,21,25,27,30H,10,18,20H2/t25-,27?/m0/s1. The smallest absolute Gasteiger partial charge is 0.104 e. The Kier molecular flexibility index (Phi) is 5.73. The van der Waals surface area contributed by atoms with Crippen molar-refractivity contribution in [1.29, 1.82) is 0 Å². The number of thiophene rings is 1. The molecule has 2 atom stereocenters. The van der Waals surface area contributed by atoms with Crippen molar-refractivity contribution < 1.29 is 5.11 Å². The molecule has 3 heteroatoms. The Labute approximate surface area is 188 Å². The summed E-state index contributed by atoms with van der Waals surface area (Å²) in [6.45, 7) is 0.936. The van der Waals surface area contributed by atoms with Gasteiger partial charge in [-0.15, -0.1) is 11.3 Å². The van der Waals surface area contributed by atoms with Gasteiger partial charge in [0.25, 0.3) is 0 Å². The summed E-state index contributed by atoms with van der Waals surface area (Å²) in [7, 11) is 0. The lowest BCUT2D eigenvalue weighted by Crippen LogP contribution is -2.52. The SMILES string of the molecule is OC(c1cccs1)[C@@H]1CCCN1C(c1ccccc1)(c1ccccc1)c1ccccc1. The average molecular weight is 426 g/mol. The van der Waals surface area contributed by atoms with Crippen LogP contribution in [0.15, 0.2) is 109 Å². The molecule has 0 bridgehead atoms. The lowest BCUT2D eigenvalue weighted by Gasteiger charge is -2.47. The Balaban J connectivity index is 1.76. The topological polar surface area (TPSA) is 23.5 Å².